The number of ether oxygens (including phenoxy) is 1. The molecule has 0 aliphatic carbocycles. The Labute approximate surface area is 161 Å². The van der Waals surface area contributed by atoms with E-state index in [1.807, 2.05) is 53.1 Å². The summed E-state index contributed by atoms with van der Waals surface area (Å²) in [5, 5.41) is 9.30. The Bertz CT molecular complexity index is 985. The summed E-state index contributed by atoms with van der Waals surface area (Å²) in [6.45, 7) is 0.828. The van der Waals surface area contributed by atoms with Crippen molar-refractivity contribution < 1.29 is 19.4 Å². The summed E-state index contributed by atoms with van der Waals surface area (Å²) in [5.41, 5.74) is 0.852. The zero-order chi connectivity index (χ0) is 19.5. The van der Waals surface area contributed by atoms with Crippen molar-refractivity contribution in [2.45, 2.75) is 12.6 Å². The van der Waals surface area contributed by atoms with Gasteiger partial charge in [-0.15, -0.1) is 0 Å². The lowest BCUT2D eigenvalue weighted by Crippen LogP contribution is -2.44. The highest BCUT2D eigenvalue weighted by Crippen LogP contribution is 2.31. The number of carboxylic acid groups (broad SMARTS) is 1. The molecule has 1 atom stereocenters. The Hall–Kier alpha value is -3.61. The van der Waals surface area contributed by atoms with Gasteiger partial charge in [0.25, 0.3) is 5.91 Å². The first-order chi connectivity index (χ1) is 13.6. The third-order valence-electron chi connectivity index (χ3n) is 4.71. The molecule has 4 rings (SSSR count). The molecule has 0 spiro atoms. The molecule has 0 saturated heterocycles. The minimum atomic E-state index is -1.08. The fraction of sp³-hybridized carbons (Fsp3) is 0.190. The van der Waals surface area contributed by atoms with Gasteiger partial charge in [-0.1, -0.05) is 48.5 Å². The third kappa shape index (κ3) is 3.46. The zero-order valence-electron chi connectivity index (χ0n) is 15.1. The van der Waals surface area contributed by atoms with E-state index in [9.17, 15) is 14.7 Å². The molecule has 7 heteroatoms. The molecule has 7 nitrogen and oxygen atoms in total. The van der Waals surface area contributed by atoms with Gasteiger partial charge in [0.2, 0.25) is 0 Å². The lowest BCUT2D eigenvalue weighted by Gasteiger charge is -2.36. The lowest BCUT2D eigenvalue weighted by atomic mass is 10.0. The van der Waals surface area contributed by atoms with E-state index < -0.39 is 12.0 Å². The maximum Gasteiger partial charge on any atom is 0.356 e. The number of hydrogen-bond donors (Lipinski definition) is 1. The maximum atomic E-state index is 13.0. The number of rotatable bonds is 5. The largest absolute Gasteiger partial charge is 0.484 e. The summed E-state index contributed by atoms with van der Waals surface area (Å²) in [6.07, 6.45) is 1.52. The molecule has 1 amide bonds. The van der Waals surface area contributed by atoms with Crippen LogP contribution in [0.1, 0.15) is 27.9 Å². The second-order valence-corrected chi connectivity index (χ2v) is 6.48. The van der Waals surface area contributed by atoms with Gasteiger partial charge in [-0.3, -0.25) is 4.79 Å². The summed E-state index contributed by atoms with van der Waals surface area (Å²) in [7, 11) is 0. The number of fused-ring (bicyclic) bond motifs is 1. The number of para-hydroxylation sites is 1. The number of imidazole rings is 1. The fourth-order valence-electron chi connectivity index (χ4n) is 3.39. The molecule has 1 unspecified atom stereocenters. The highest BCUT2D eigenvalue weighted by molar-refractivity contribution is 5.85. The van der Waals surface area contributed by atoms with E-state index in [0.29, 0.717) is 24.7 Å². The second-order valence-electron chi connectivity index (χ2n) is 6.48. The molecule has 3 aromatic rings. The van der Waals surface area contributed by atoms with Crippen molar-refractivity contribution in [3.8, 4) is 5.75 Å². The summed E-state index contributed by atoms with van der Waals surface area (Å²) in [6, 6.07) is 18.2. The van der Waals surface area contributed by atoms with Gasteiger partial charge in [0.15, 0.2) is 12.3 Å². The first kappa shape index (κ1) is 17.8. The van der Waals surface area contributed by atoms with E-state index in [0.717, 1.165) is 5.56 Å². The molecule has 1 N–H and O–H groups in total. The van der Waals surface area contributed by atoms with Gasteiger partial charge in [0.05, 0.1) is 0 Å². The van der Waals surface area contributed by atoms with Crippen LogP contribution in [0.5, 0.6) is 5.75 Å². The number of benzene rings is 2. The molecule has 0 bridgehead atoms. The molecular weight excluding hydrogens is 358 g/mol. The molecule has 2 heterocycles. The Morgan fingerprint density at radius 3 is 2.39 bits per heavy atom. The standard InChI is InChI=1S/C21H19N3O4/c25-18(14-28-16-9-5-2-6-10-16)24-12-11-23-13-17(21(26)27)22-20(23)19(24)15-7-3-1-4-8-15/h1-10,13,19H,11-12,14H2,(H,26,27). The first-order valence-corrected chi connectivity index (χ1v) is 8.96. The number of aromatic carboxylic acids is 1. The number of carbonyl (C=O) groups excluding carboxylic acids is 1. The molecular formula is C21H19N3O4. The van der Waals surface area contributed by atoms with Crippen molar-refractivity contribution in [2.24, 2.45) is 0 Å². The van der Waals surface area contributed by atoms with Crippen LogP contribution in [0.3, 0.4) is 0 Å². The van der Waals surface area contributed by atoms with Gasteiger partial charge in [-0.25, -0.2) is 9.78 Å². The number of amides is 1. The first-order valence-electron chi connectivity index (χ1n) is 8.96. The number of hydrogen-bond acceptors (Lipinski definition) is 4. The van der Waals surface area contributed by atoms with Gasteiger partial charge >= 0.3 is 5.97 Å². The molecule has 1 aliphatic heterocycles. The van der Waals surface area contributed by atoms with Crippen LogP contribution >= 0.6 is 0 Å². The normalized spacial score (nSPS) is 15.7. The van der Waals surface area contributed by atoms with Gasteiger partial charge in [0.1, 0.15) is 17.6 Å². The van der Waals surface area contributed by atoms with Crippen LogP contribution in [0.15, 0.2) is 66.9 Å². The third-order valence-corrected chi connectivity index (χ3v) is 4.71. The molecule has 2 aromatic carbocycles. The van der Waals surface area contributed by atoms with E-state index >= 15 is 0 Å². The quantitative estimate of drug-likeness (QED) is 0.739. The number of carbonyl (C=O) groups is 2. The van der Waals surface area contributed by atoms with Gasteiger partial charge in [-0.2, -0.15) is 0 Å². The van der Waals surface area contributed by atoms with E-state index in [1.54, 1.807) is 17.0 Å². The predicted molar refractivity (Wildman–Crippen MR) is 101 cm³/mol. The zero-order valence-corrected chi connectivity index (χ0v) is 15.1. The van der Waals surface area contributed by atoms with Gasteiger partial charge < -0.3 is 19.3 Å². The highest BCUT2D eigenvalue weighted by atomic mass is 16.5. The Morgan fingerprint density at radius 1 is 1.04 bits per heavy atom. The van der Waals surface area contributed by atoms with Crippen molar-refractivity contribution in [3.63, 3.8) is 0 Å². The van der Waals surface area contributed by atoms with Gasteiger partial charge in [-0.05, 0) is 17.7 Å². The fourth-order valence-corrected chi connectivity index (χ4v) is 3.39. The lowest BCUT2D eigenvalue weighted by molar-refractivity contribution is -0.136. The predicted octanol–water partition coefficient (Wildman–Crippen LogP) is 2.59. The SMILES string of the molecule is O=C(O)c1cn2c(n1)C(c1ccccc1)N(C(=O)COc1ccccc1)CC2. The summed E-state index contributed by atoms with van der Waals surface area (Å²) in [5.74, 6) is -0.0930. The molecule has 28 heavy (non-hydrogen) atoms. The summed E-state index contributed by atoms with van der Waals surface area (Å²) >= 11 is 0. The van der Waals surface area contributed by atoms with E-state index in [2.05, 4.69) is 4.98 Å². The molecule has 142 valence electrons. The van der Waals surface area contributed by atoms with Crippen LogP contribution < -0.4 is 4.74 Å². The summed E-state index contributed by atoms with van der Waals surface area (Å²) in [4.78, 5) is 30.3. The second kappa shape index (κ2) is 7.56. The maximum absolute atomic E-state index is 13.0. The van der Waals surface area contributed by atoms with Crippen LogP contribution in [0.4, 0.5) is 0 Å². The van der Waals surface area contributed by atoms with Crippen molar-refractivity contribution in [3.05, 3.63) is 83.9 Å². The Morgan fingerprint density at radius 2 is 1.71 bits per heavy atom. The number of nitrogens with zero attached hydrogens (tertiary/aromatic N) is 3. The van der Waals surface area contributed by atoms with Crippen molar-refractivity contribution >= 4 is 11.9 Å². The monoisotopic (exact) mass is 377 g/mol. The van der Waals surface area contributed by atoms with Crippen LogP contribution in [-0.4, -0.2) is 44.6 Å². The van der Waals surface area contributed by atoms with Crippen molar-refractivity contribution in [1.82, 2.24) is 14.5 Å². The van der Waals surface area contributed by atoms with E-state index in [4.69, 9.17) is 4.74 Å². The molecule has 1 aliphatic rings. The van der Waals surface area contributed by atoms with Crippen LogP contribution in [0.2, 0.25) is 0 Å². The Kier molecular flexibility index (Phi) is 4.80. The number of aromatic nitrogens is 2. The molecule has 0 radical (unpaired) electrons. The van der Waals surface area contributed by atoms with Crippen LogP contribution in [0.25, 0.3) is 0 Å². The van der Waals surface area contributed by atoms with Gasteiger partial charge in [0, 0.05) is 19.3 Å². The number of carboxylic acids is 1. The van der Waals surface area contributed by atoms with E-state index in [1.165, 1.54) is 6.20 Å². The highest BCUT2D eigenvalue weighted by Gasteiger charge is 2.34. The summed E-state index contributed by atoms with van der Waals surface area (Å²) < 4.78 is 7.43. The van der Waals surface area contributed by atoms with Crippen molar-refractivity contribution in [2.75, 3.05) is 13.2 Å². The van der Waals surface area contributed by atoms with Crippen LogP contribution in [-0.2, 0) is 11.3 Å². The molecule has 1 aromatic heterocycles. The minimum Gasteiger partial charge on any atom is -0.484 e. The molecule has 0 saturated carbocycles. The van der Waals surface area contributed by atoms with E-state index in [-0.39, 0.29) is 18.2 Å². The Balaban J connectivity index is 1.63. The molecule has 0 fully saturated rings. The average Bonchev–Trinajstić information content (AvgIpc) is 3.17. The minimum absolute atomic E-state index is 0.0224. The van der Waals surface area contributed by atoms with Crippen LogP contribution in [0, 0.1) is 0 Å². The smallest absolute Gasteiger partial charge is 0.356 e. The average molecular weight is 377 g/mol. The van der Waals surface area contributed by atoms with Crippen molar-refractivity contribution in [1.29, 1.82) is 0 Å². The topological polar surface area (TPSA) is 84.7 Å².